The summed E-state index contributed by atoms with van der Waals surface area (Å²) in [7, 11) is 0. The zero-order valence-electron chi connectivity index (χ0n) is 12.9. The van der Waals surface area contributed by atoms with Crippen LogP contribution in [-0.2, 0) is 11.3 Å². The summed E-state index contributed by atoms with van der Waals surface area (Å²) in [6.45, 7) is 7.63. The van der Waals surface area contributed by atoms with E-state index >= 15 is 0 Å². The predicted octanol–water partition coefficient (Wildman–Crippen LogP) is 1.96. The number of carboxylic acid groups (broad SMARTS) is 1. The summed E-state index contributed by atoms with van der Waals surface area (Å²) in [6.07, 6.45) is 3.16. The lowest BCUT2D eigenvalue weighted by molar-refractivity contribution is -0.143. The SMILES string of the molecule is CCn1cc(C(=O)N2CCC[C@@H](C(=O)O)C2)c(C(C)C)n1. The average molecular weight is 293 g/mol. The van der Waals surface area contributed by atoms with Crippen LogP contribution in [0.3, 0.4) is 0 Å². The van der Waals surface area contributed by atoms with Gasteiger partial charge >= 0.3 is 5.97 Å². The third-order valence-electron chi connectivity index (χ3n) is 3.95. The molecule has 1 fully saturated rings. The van der Waals surface area contributed by atoms with Crippen molar-refractivity contribution in [3.05, 3.63) is 17.5 Å². The Bertz CT molecular complexity index is 536. The van der Waals surface area contributed by atoms with Crippen molar-refractivity contribution >= 4 is 11.9 Å². The second-order valence-corrected chi connectivity index (χ2v) is 5.87. The normalized spacial score (nSPS) is 19.0. The quantitative estimate of drug-likeness (QED) is 0.920. The molecule has 1 aliphatic rings. The molecule has 1 N–H and O–H groups in total. The van der Waals surface area contributed by atoms with Crippen LogP contribution in [0.15, 0.2) is 6.20 Å². The molecule has 1 aromatic heterocycles. The Labute approximate surface area is 124 Å². The van der Waals surface area contributed by atoms with Crippen LogP contribution in [0.1, 0.15) is 55.6 Å². The highest BCUT2D eigenvalue weighted by Crippen LogP contribution is 2.23. The van der Waals surface area contributed by atoms with Crippen LogP contribution < -0.4 is 0 Å². The number of likely N-dealkylation sites (tertiary alicyclic amines) is 1. The minimum absolute atomic E-state index is 0.0932. The van der Waals surface area contributed by atoms with Gasteiger partial charge in [-0.15, -0.1) is 0 Å². The van der Waals surface area contributed by atoms with Gasteiger partial charge in [-0.3, -0.25) is 14.3 Å². The number of piperidine rings is 1. The number of aliphatic carboxylic acids is 1. The van der Waals surface area contributed by atoms with Crippen molar-refractivity contribution in [2.75, 3.05) is 13.1 Å². The third-order valence-corrected chi connectivity index (χ3v) is 3.95. The smallest absolute Gasteiger partial charge is 0.308 e. The number of aromatic nitrogens is 2. The standard InChI is InChI=1S/C15H23N3O3/c1-4-18-9-12(13(16-18)10(2)3)14(19)17-7-5-6-11(8-17)15(20)21/h9-11H,4-8H2,1-3H3,(H,20,21)/t11-/m1/s1. The van der Waals surface area contributed by atoms with E-state index in [0.717, 1.165) is 12.1 Å². The lowest BCUT2D eigenvalue weighted by atomic mass is 9.97. The molecule has 0 spiro atoms. The topological polar surface area (TPSA) is 75.4 Å². The van der Waals surface area contributed by atoms with Gasteiger partial charge in [-0.2, -0.15) is 5.10 Å². The molecule has 6 nitrogen and oxygen atoms in total. The van der Waals surface area contributed by atoms with Crippen LogP contribution in [-0.4, -0.2) is 44.8 Å². The van der Waals surface area contributed by atoms with Crippen molar-refractivity contribution in [3.8, 4) is 0 Å². The van der Waals surface area contributed by atoms with E-state index in [9.17, 15) is 9.59 Å². The summed E-state index contributed by atoms with van der Waals surface area (Å²) in [5.41, 5.74) is 1.40. The maximum atomic E-state index is 12.7. The highest BCUT2D eigenvalue weighted by molar-refractivity contribution is 5.95. The maximum Gasteiger partial charge on any atom is 0.308 e. The summed E-state index contributed by atoms with van der Waals surface area (Å²) in [5.74, 6) is -1.20. The first-order valence-electron chi connectivity index (χ1n) is 7.53. The Morgan fingerprint density at radius 3 is 2.76 bits per heavy atom. The highest BCUT2D eigenvalue weighted by Gasteiger charge is 2.30. The molecule has 0 unspecified atom stereocenters. The number of nitrogens with zero attached hydrogens (tertiary/aromatic N) is 3. The minimum atomic E-state index is -0.819. The van der Waals surface area contributed by atoms with Crippen LogP contribution in [0, 0.1) is 5.92 Å². The summed E-state index contributed by atoms with van der Waals surface area (Å²) in [6, 6.07) is 0. The van der Waals surface area contributed by atoms with Crippen molar-refractivity contribution in [1.82, 2.24) is 14.7 Å². The average Bonchev–Trinajstić information content (AvgIpc) is 2.91. The molecule has 0 saturated carbocycles. The van der Waals surface area contributed by atoms with Gasteiger partial charge in [-0.05, 0) is 25.7 Å². The molecule has 116 valence electrons. The van der Waals surface area contributed by atoms with E-state index in [1.807, 2.05) is 20.8 Å². The summed E-state index contributed by atoms with van der Waals surface area (Å²) in [4.78, 5) is 25.5. The predicted molar refractivity (Wildman–Crippen MR) is 78.3 cm³/mol. The van der Waals surface area contributed by atoms with Crippen molar-refractivity contribution < 1.29 is 14.7 Å². The zero-order valence-corrected chi connectivity index (χ0v) is 12.9. The van der Waals surface area contributed by atoms with Gasteiger partial charge in [0.25, 0.3) is 5.91 Å². The Morgan fingerprint density at radius 1 is 1.48 bits per heavy atom. The minimum Gasteiger partial charge on any atom is -0.481 e. The van der Waals surface area contributed by atoms with Gasteiger partial charge in [-0.1, -0.05) is 13.8 Å². The first-order chi connectivity index (χ1) is 9.93. The molecule has 1 aromatic rings. The van der Waals surface area contributed by atoms with Crippen LogP contribution in [0.2, 0.25) is 0 Å². The zero-order chi connectivity index (χ0) is 15.6. The molecule has 6 heteroatoms. The molecule has 0 aromatic carbocycles. The molecule has 1 saturated heterocycles. The molecule has 0 radical (unpaired) electrons. The fourth-order valence-electron chi connectivity index (χ4n) is 2.72. The Kier molecular flexibility index (Phi) is 4.65. The van der Waals surface area contributed by atoms with Gasteiger partial charge in [0.2, 0.25) is 0 Å². The Hall–Kier alpha value is -1.85. The van der Waals surface area contributed by atoms with Gasteiger partial charge in [0.05, 0.1) is 17.2 Å². The number of aryl methyl sites for hydroxylation is 1. The van der Waals surface area contributed by atoms with E-state index in [1.165, 1.54) is 0 Å². The molecular weight excluding hydrogens is 270 g/mol. The van der Waals surface area contributed by atoms with Crippen molar-refractivity contribution in [3.63, 3.8) is 0 Å². The van der Waals surface area contributed by atoms with Crippen molar-refractivity contribution in [1.29, 1.82) is 0 Å². The molecule has 0 bridgehead atoms. The number of carboxylic acids is 1. The second kappa shape index (κ2) is 6.28. The van der Waals surface area contributed by atoms with Gasteiger partial charge in [-0.25, -0.2) is 0 Å². The van der Waals surface area contributed by atoms with E-state index < -0.39 is 11.9 Å². The van der Waals surface area contributed by atoms with E-state index in [-0.39, 0.29) is 11.8 Å². The van der Waals surface area contributed by atoms with E-state index in [2.05, 4.69) is 5.10 Å². The summed E-state index contributed by atoms with van der Waals surface area (Å²) >= 11 is 0. The van der Waals surface area contributed by atoms with Gasteiger partial charge in [0, 0.05) is 25.8 Å². The Balaban J connectivity index is 2.23. The van der Waals surface area contributed by atoms with Gasteiger partial charge in [0.15, 0.2) is 0 Å². The van der Waals surface area contributed by atoms with Gasteiger partial charge in [0.1, 0.15) is 0 Å². The fraction of sp³-hybridized carbons (Fsp3) is 0.667. The molecular formula is C15H23N3O3. The molecule has 2 heterocycles. The lowest BCUT2D eigenvalue weighted by Gasteiger charge is -2.30. The number of carbonyl (C=O) groups is 2. The number of hydrogen-bond donors (Lipinski definition) is 1. The van der Waals surface area contributed by atoms with Crippen LogP contribution in [0.4, 0.5) is 0 Å². The van der Waals surface area contributed by atoms with E-state index in [0.29, 0.717) is 31.6 Å². The Morgan fingerprint density at radius 2 is 2.19 bits per heavy atom. The van der Waals surface area contributed by atoms with Crippen LogP contribution >= 0.6 is 0 Å². The molecule has 21 heavy (non-hydrogen) atoms. The molecule has 1 atom stereocenters. The van der Waals surface area contributed by atoms with Gasteiger partial charge < -0.3 is 10.0 Å². The molecule has 2 rings (SSSR count). The fourth-order valence-corrected chi connectivity index (χ4v) is 2.72. The van der Waals surface area contributed by atoms with E-state index in [1.54, 1.807) is 15.8 Å². The molecule has 1 aliphatic heterocycles. The largest absolute Gasteiger partial charge is 0.481 e. The number of amides is 1. The third kappa shape index (κ3) is 3.25. The molecule has 0 aliphatic carbocycles. The van der Waals surface area contributed by atoms with E-state index in [4.69, 9.17) is 5.11 Å². The van der Waals surface area contributed by atoms with Crippen LogP contribution in [0.5, 0.6) is 0 Å². The van der Waals surface area contributed by atoms with Crippen molar-refractivity contribution in [2.45, 2.75) is 46.1 Å². The number of hydrogen-bond acceptors (Lipinski definition) is 3. The van der Waals surface area contributed by atoms with Crippen LogP contribution in [0.25, 0.3) is 0 Å². The number of rotatable bonds is 4. The monoisotopic (exact) mass is 293 g/mol. The first kappa shape index (κ1) is 15.5. The summed E-state index contributed by atoms with van der Waals surface area (Å²) < 4.78 is 1.77. The lowest BCUT2D eigenvalue weighted by Crippen LogP contribution is -2.42. The second-order valence-electron chi connectivity index (χ2n) is 5.87. The molecule has 1 amide bonds. The first-order valence-corrected chi connectivity index (χ1v) is 7.53. The highest BCUT2D eigenvalue weighted by atomic mass is 16.4. The van der Waals surface area contributed by atoms with Crippen molar-refractivity contribution in [2.24, 2.45) is 5.92 Å². The maximum absolute atomic E-state index is 12.7. The summed E-state index contributed by atoms with van der Waals surface area (Å²) in [5, 5.41) is 13.6. The number of carbonyl (C=O) groups excluding carboxylic acids is 1.